The Labute approximate surface area is 174 Å². The van der Waals surface area contributed by atoms with Crippen molar-refractivity contribution in [2.45, 2.75) is 39.7 Å². The Morgan fingerprint density at radius 3 is 2.52 bits per heavy atom. The van der Waals surface area contributed by atoms with E-state index in [2.05, 4.69) is 5.32 Å². The third kappa shape index (κ3) is 5.83. The lowest BCUT2D eigenvalue weighted by molar-refractivity contribution is -0.126. The van der Waals surface area contributed by atoms with E-state index in [1.807, 2.05) is 39.0 Å². The predicted octanol–water partition coefficient (Wildman–Crippen LogP) is 2.18. The van der Waals surface area contributed by atoms with Crippen molar-refractivity contribution in [1.29, 1.82) is 0 Å². The average Bonchev–Trinajstić information content (AvgIpc) is 2.69. The van der Waals surface area contributed by atoms with Gasteiger partial charge in [-0.2, -0.15) is 17.0 Å². The molecular weight excluding hydrogens is 394 g/mol. The summed E-state index contributed by atoms with van der Waals surface area (Å²) in [5.41, 5.74) is 0.902. The molecule has 0 saturated carbocycles. The quantitative estimate of drug-likeness (QED) is 0.653. The third-order valence-corrected chi connectivity index (χ3v) is 6.88. The molecule has 8 nitrogen and oxygen atoms in total. The highest BCUT2D eigenvalue weighted by Crippen LogP contribution is 2.31. The second kappa shape index (κ2) is 10.3. The number of carbonyl (C=O) groups is 1. The maximum atomic E-state index is 12.8. The monoisotopic (exact) mass is 427 g/mol. The Morgan fingerprint density at radius 2 is 1.90 bits per heavy atom. The Balaban J connectivity index is 2.07. The number of nitrogens with zero attached hydrogens (tertiary/aromatic N) is 2. The zero-order chi connectivity index (χ0) is 21.6. The van der Waals surface area contributed by atoms with Gasteiger partial charge in [0.25, 0.3) is 10.2 Å². The van der Waals surface area contributed by atoms with Crippen LogP contribution in [0.25, 0.3) is 0 Å². The second-order valence-corrected chi connectivity index (χ2v) is 9.43. The summed E-state index contributed by atoms with van der Waals surface area (Å²) in [6, 6.07) is 5.39. The van der Waals surface area contributed by atoms with Crippen molar-refractivity contribution in [1.82, 2.24) is 13.9 Å². The molecule has 1 saturated heterocycles. The molecule has 1 N–H and O–H groups in total. The molecule has 1 aliphatic rings. The van der Waals surface area contributed by atoms with Gasteiger partial charge < -0.3 is 14.8 Å². The Bertz CT molecular complexity index is 797. The number of carbonyl (C=O) groups excluding carboxylic acids is 1. The summed E-state index contributed by atoms with van der Waals surface area (Å²) in [6.07, 6.45) is 1.34. The molecule has 29 heavy (non-hydrogen) atoms. The zero-order valence-corrected chi connectivity index (χ0v) is 18.8. The minimum absolute atomic E-state index is 0.136. The Kier molecular flexibility index (Phi) is 8.30. The van der Waals surface area contributed by atoms with Crippen molar-refractivity contribution in [2.24, 2.45) is 5.92 Å². The minimum atomic E-state index is -3.51. The summed E-state index contributed by atoms with van der Waals surface area (Å²) >= 11 is 0. The van der Waals surface area contributed by atoms with Crippen molar-refractivity contribution in [3.8, 4) is 11.5 Å². The molecule has 1 aliphatic heterocycles. The Hall–Kier alpha value is -1.84. The molecule has 9 heteroatoms. The van der Waals surface area contributed by atoms with Crippen LogP contribution < -0.4 is 14.8 Å². The highest BCUT2D eigenvalue weighted by molar-refractivity contribution is 7.86. The first-order valence-corrected chi connectivity index (χ1v) is 11.5. The van der Waals surface area contributed by atoms with Crippen LogP contribution in [-0.2, 0) is 15.0 Å². The molecule has 1 heterocycles. The van der Waals surface area contributed by atoms with E-state index >= 15 is 0 Å². The van der Waals surface area contributed by atoms with Crippen LogP contribution in [-0.4, -0.2) is 63.3 Å². The lowest BCUT2D eigenvalue weighted by atomic mass is 9.98. The number of hydrogen-bond donors (Lipinski definition) is 1. The predicted molar refractivity (Wildman–Crippen MR) is 112 cm³/mol. The maximum absolute atomic E-state index is 12.8. The molecule has 1 aromatic carbocycles. The minimum Gasteiger partial charge on any atom is -0.490 e. The number of benzene rings is 1. The molecule has 0 aliphatic carbocycles. The van der Waals surface area contributed by atoms with E-state index in [9.17, 15) is 13.2 Å². The smallest absolute Gasteiger partial charge is 0.281 e. The van der Waals surface area contributed by atoms with E-state index < -0.39 is 10.2 Å². The van der Waals surface area contributed by atoms with Gasteiger partial charge in [0.2, 0.25) is 5.91 Å². The van der Waals surface area contributed by atoms with Gasteiger partial charge in [-0.05, 0) is 51.3 Å². The first-order valence-electron chi connectivity index (χ1n) is 10.1. The molecule has 0 aromatic heterocycles. The number of ether oxygens (including phenoxy) is 2. The van der Waals surface area contributed by atoms with Crippen molar-refractivity contribution in [3.63, 3.8) is 0 Å². The normalized spacial score (nSPS) is 19.0. The summed E-state index contributed by atoms with van der Waals surface area (Å²) in [7, 11) is -0.507. The fourth-order valence-corrected chi connectivity index (χ4v) is 4.54. The van der Waals surface area contributed by atoms with Gasteiger partial charge in [-0.25, -0.2) is 0 Å². The highest BCUT2D eigenvalue weighted by Gasteiger charge is 2.33. The molecule has 0 bridgehead atoms. The number of hydrogen-bond acceptors (Lipinski definition) is 5. The van der Waals surface area contributed by atoms with Crippen molar-refractivity contribution in [3.05, 3.63) is 23.8 Å². The molecule has 0 radical (unpaired) electrons. The van der Waals surface area contributed by atoms with E-state index in [1.54, 1.807) is 0 Å². The number of rotatable bonds is 9. The lowest BCUT2D eigenvalue weighted by Crippen LogP contribution is -2.49. The van der Waals surface area contributed by atoms with Crippen molar-refractivity contribution in [2.75, 3.05) is 40.4 Å². The van der Waals surface area contributed by atoms with Crippen LogP contribution in [0.15, 0.2) is 18.2 Å². The second-order valence-electron chi connectivity index (χ2n) is 7.29. The molecule has 0 unspecified atom stereocenters. The number of nitrogens with one attached hydrogen (secondary N) is 1. The largest absolute Gasteiger partial charge is 0.490 e. The van der Waals surface area contributed by atoms with Crippen LogP contribution in [0.5, 0.6) is 11.5 Å². The van der Waals surface area contributed by atoms with Crippen LogP contribution in [0, 0.1) is 5.92 Å². The van der Waals surface area contributed by atoms with Crippen molar-refractivity contribution >= 4 is 16.1 Å². The lowest BCUT2D eigenvalue weighted by Gasteiger charge is -2.33. The number of piperidine rings is 1. The summed E-state index contributed by atoms with van der Waals surface area (Å²) in [4.78, 5) is 12.8. The van der Waals surface area contributed by atoms with Gasteiger partial charge in [0.05, 0.1) is 25.2 Å². The zero-order valence-electron chi connectivity index (χ0n) is 18.0. The highest BCUT2D eigenvalue weighted by atomic mass is 32.2. The van der Waals surface area contributed by atoms with E-state index in [0.29, 0.717) is 44.1 Å². The molecule has 1 amide bonds. The van der Waals surface area contributed by atoms with Crippen LogP contribution in [0.2, 0.25) is 0 Å². The van der Waals surface area contributed by atoms with Gasteiger partial charge in [0.1, 0.15) is 0 Å². The van der Waals surface area contributed by atoms with Gasteiger partial charge in [-0.1, -0.05) is 6.07 Å². The molecule has 1 fully saturated rings. The molecule has 0 spiro atoms. The van der Waals surface area contributed by atoms with E-state index in [1.165, 1.54) is 22.7 Å². The van der Waals surface area contributed by atoms with Crippen LogP contribution >= 0.6 is 0 Å². The van der Waals surface area contributed by atoms with Crippen LogP contribution in [0.4, 0.5) is 0 Å². The number of amides is 1. The molecule has 164 valence electrons. The maximum Gasteiger partial charge on any atom is 0.281 e. The Morgan fingerprint density at radius 1 is 1.24 bits per heavy atom. The fraction of sp³-hybridized carbons (Fsp3) is 0.650. The van der Waals surface area contributed by atoms with Crippen molar-refractivity contribution < 1.29 is 22.7 Å². The first kappa shape index (κ1) is 23.4. The van der Waals surface area contributed by atoms with Gasteiger partial charge in [0.15, 0.2) is 11.5 Å². The van der Waals surface area contributed by atoms with E-state index in [-0.39, 0.29) is 24.4 Å². The van der Waals surface area contributed by atoms with Gasteiger partial charge >= 0.3 is 0 Å². The average molecular weight is 428 g/mol. The topological polar surface area (TPSA) is 88.2 Å². The summed E-state index contributed by atoms with van der Waals surface area (Å²) < 4.78 is 38.6. The molecule has 1 aromatic rings. The van der Waals surface area contributed by atoms with E-state index in [4.69, 9.17) is 9.47 Å². The molecule has 2 rings (SSSR count). The third-order valence-electron chi connectivity index (χ3n) is 4.97. The fourth-order valence-electron chi connectivity index (χ4n) is 3.35. The van der Waals surface area contributed by atoms with Crippen LogP contribution in [0.3, 0.4) is 0 Å². The SMILES string of the molecule is CCOc1ccc([C@@H](C)NC(=O)[C@H]2CCCN(S(=O)(=O)N(C)C)C2)cc1OCC. The van der Waals surface area contributed by atoms with E-state index in [0.717, 1.165) is 5.56 Å². The summed E-state index contributed by atoms with van der Waals surface area (Å²) in [5.74, 6) is 0.820. The van der Waals surface area contributed by atoms with Gasteiger partial charge in [-0.3, -0.25) is 4.79 Å². The standard InChI is InChI=1S/C20H33N3O5S/c1-6-27-18-11-10-16(13-19(18)28-7-2)15(3)21-20(24)17-9-8-12-23(14-17)29(25,26)22(4)5/h10-11,13,15,17H,6-9,12,14H2,1-5H3,(H,21,24)/t15-,17+/m1/s1. The summed E-state index contributed by atoms with van der Waals surface area (Å²) in [6.45, 7) is 7.42. The van der Waals surface area contributed by atoms with Crippen LogP contribution in [0.1, 0.15) is 45.2 Å². The first-order chi connectivity index (χ1) is 13.7. The van der Waals surface area contributed by atoms with Gasteiger partial charge in [0, 0.05) is 27.2 Å². The summed E-state index contributed by atoms with van der Waals surface area (Å²) in [5, 5.41) is 3.02. The molecular formula is C20H33N3O5S. The molecule has 2 atom stereocenters. The van der Waals surface area contributed by atoms with Gasteiger partial charge in [-0.15, -0.1) is 0 Å².